The Hall–Kier alpha value is -1.20. The molecular formula is C13H22N4O. The van der Waals surface area contributed by atoms with Gasteiger partial charge in [-0.2, -0.15) is 0 Å². The van der Waals surface area contributed by atoms with Crippen LogP contribution in [-0.2, 0) is 6.54 Å². The smallest absolute Gasteiger partial charge is 0.254 e. The average Bonchev–Trinajstić information content (AvgIpc) is 2.28. The number of hydrogen-bond donors (Lipinski definition) is 2. The van der Waals surface area contributed by atoms with Gasteiger partial charge < -0.3 is 10.3 Å². The molecule has 0 saturated carbocycles. The van der Waals surface area contributed by atoms with E-state index in [4.69, 9.17) is 0 Å². The first-order chi connectivity index (χ1) is 8.58. The van der Waals surface area contributed by atoms with Gasteiger partial charge in [0.05, 0.1) is 6.54 Å². The van der Waals surface area contributed by atoms with Crippen LogP contribution in [0.25, 0.3) is 0 Å². The lowest BCUT2D eigenvalue weighted by Gasteiger charge is -2.26. The molecule has 5 heteroatoms. The molecule has 0 aliphatic carbocycles. The van der Waals surface area contributed by atoms with E-state index in [0.717, 1.165) is 49.8 Å². The van der Waals surface area contributed by atoms with Crippen LogP contribution in [0.4, 0.5) is 0 Å². The quantitative estimate of drug-likeness (QED) is 0.825. The zero-order valence-corrected chi connectivity index (χ0v) is 11.4. The molecule has 0 amide bonds. The summed E-state index contributed by atoms with van der Waals surface area (Å²) in [6.45, 7) is 10.7. The number of aromatic amines is 1. The van der Waals surface area contributed by atoms with Crippen molar-refractivity contribution < 1.29 is 0 Å². The predicted octanol–water partition coefficient (Wildman–Crippen LogP) is 0.607. The number of hydrogen-bond acceptors (Lipinski definition) is 4. The van der Waals surface area contributed by atoms with Crippen molar-refractivity contribution in [3.05, 3.63) is 27.4 Å². The maximum Gasteiger partial charge on any atom is 0.254 e. The van der Waals surface area contributed by atoms with E-state index < -0.39 is 0 Å². The minimum Gasteiger partial charge on any atom is -0.314 e. The molecule has 0 unspecified atom stereocenters. The van der Waals surface area contributed by atoms with Gasteiger partial charge in [-0.25, -0.2) is 4.98 Å². The first-order valence-corrected chi connectivity index (χ1v) is 6.60. The van der Waals surface area contributed by atoms with Crippen LogP contribution in [0.3, 0.4) is 0 Å². The highest BCUT2D eigenvalue weighted by molar-refractivity contribution is 5.20. The highest BCUT2D eigenvalue weighted by Gasteiger charge is 2.14. The average molecular weight is 250 g/mol. The van der Waals surface area contributed by atoms with E-state index in [-0.39, 0.29) is 11.5 Å². The first kappa shape index (κ1) is 13.2. The topological polar surface area (TPSA) is 61.0 Å². The Morgan fingerprint density at radius 2 is 2.00 bits per heavy atom. The van der Waals surface area contributed by atoms with Crippen LogP contribution in [0, 0.1) is 6.92 Å². The molecule has 1 fully saturated rings. The molecule has 1 saturated heterocycles. The van der Waals surface area contributed by atoms with E-state index in [1.54, 1.807) is 0 Å². The first-order valence-electron chi connectivity index (χ1n) is 6.60. The Bertz CT molecular complexity index is 461. The van der Waals surface area contributed by atoms with E-state index in [0.29, 0.717) is 0 Å². The molecule has 2 N–H and O–H groups in total. The summed E-state index contributed by atoms with van der Waals surface area (Å²) >= 11 is 0. The van der Waals surface area contributed by atoms with Gasteiger partial charge >= 0.3 is 0 Å². The minimum atomic E-state index is 0.0163. The summed E-state index contributed by atoms with van der Waals surface area (Å²) in [5.41, 5.74) is 1.68. The molecular weight excluding hydrogens is 228 g/mol. The summed E-state index contributed by atoms with van der Waals surface area (Å²) in [5.74, 6) is 0.998. The number of piperazine rings is 1. The van der Waals surface area contributed by atoms with Crippen molar-refractivity contribution in [1.29, 1.82) is 0 Å². The van der Waals surface area contributed by atoms with E-state index in [9.17, 15) is 4.79 Å². The normalized spacial score (nSPS) is 17.3. The second kappa shape index (κ2) is 5.63. The number of rotatable bonds is 3. The molecule has 0 radical (unpaired) electrons. The van der Waals surface area contributed by atoms with Crippen molar-refractivity contribution in [1.82, 2.24) is 20.2 Å². The van der Waals surface area contributed by atoms with Crippen LogP contribution in [-0.4, -0.2) is 41.0 Å². The second-order valence-electron chi connectivity index (χ2n) is 5.19. The predicted molar refractivity (Wildman–Crippen MR) is 71.8 cm³/mol. The van der Waals surface area contributed by atoms with E-state index in [1.165, 1.54) is 0 Å². The molecule has 1 aliphatic heterocycles. The van der Waals surface area contributed by atoms with Crippen molar-refractivity contribution in [2.75, 3.05) is 26.2 Å². The van der Waals surface area contributed by atoms with Crippen LogP contribution < -0.4 is 10.9 Å². The zero-order valence-electron chi connectivity index (χ0n) is 11.4. The standard InChI is InChI=1S/C13H22N4O/c1-9(2)12-10(3)15-11(16-13(12)18)8-17-6-4-14-5-7-17/h9,14H,4-8H2,1-3H3,(H,15,16,18). The van der Waals surface area contributed by atoms with Gasteiger partial charge in [0.1, 0.15) is 5.82 Å². The molecule has 18 heavy (non-hydrogen) atoms. The molecule has 0 bridgehead atoms. The van der Waals surface area contributed by atoms with Crippen molar-refractivity contribution in [2.45, 2.75) is 33.2 Å². The lowest BCUT2D eigenvalue weighted by Crippen LogP contribution is -2.43. The van der Waals surface area contributed by atoms with Gasteiger partial charge in [-0.05, 0) is 12.8 Å². The molecule has 100 valence electrons. The largest absolute Gasteiger partial charge is 0.314 e. The monoisotopic (exact) mass is 250 g/mol. The summed E-state index contributed by atoms with van der Waals surface area (Å²) in [5, 5.41) is 3.31. The molecule has 1 aliphatic rings. The third-order valence-electron chi connectivity index (χ3n) is 3.36. The van der Waals surface area contributed by atoms with Gasteiger partial charge in [0, 0.05) is 37.4 Å². The summed E-state index contributed by atoms with van der Waals surface area (Å²) in [7, 11) is 0. The molecule has 0 atom stereocenters. The fraction of sp³-hybridized carbons (Fsp3) is 0.692. The van der Waals surface area contributed by atoms with Gasteiger partial charge in [-0.3, -0.25) is 9.69 Å². The van der Waals surface area contributed by atoms with Crippen LogP contribution in [0.5, 0.6) is 0 Å². The maximum atomic E-state index is 12.0. The Kier molecular flexibility index (Phi) is 4.14. The van der Waals surface area contributed by atoms with Crippen LogP contribution in [0.15, 0.2) is 4.79 Å². The van der Waals surface area contributed by atoms with Crippen LogP contribution in [0.1, 0.15) is 36.8 Å². The number of nitrogens with one attached hydrogen (secondary N) is 2. The molecule has 2 heterocycles. The fourth-order valence-electron chi connectivity index (χ4n) is 2.49. The van der Waals surface area contributed by atoms with Crippen molar-refractivity contribution in [3.63, 3.8) is 0 Å². The summed E-state index contributed by atoms with van der Waals surface area (Å²) < 4.78 is 0. The van der Waals surface area contributed by atoms with Gasteiger partial charge in [0.2, 0.25) is 0 Å². The SMILES string of the molecule is Cc1nc(CN2CCNCC2)[nH]c(=O)c1C(C)C. The Labute approximate surface area is 108 Å². The molecule has 1 aromatic heterocycles. The number of nitrogens with zero attached hydrogens (tertiary/aromatic N) is 2. The third kappa shape index (κ3) is 2.97. The highest BCUT2D eigenvalue weighted by Crippen LogP contribution is 2.12. The van der Waals surface area contributed by atoms with Gasteiger partial charge in [0.25, 0.3) is 5.56 Å². The lowest BCUT2D eigenvalue weighted by molar-refractivity contribution is 0.227. The van der Waals surface area contributed by atoms with Crippen molar-refractivity contribution in [2.24, 2.45) is 0 Å². The molecule has 2 rings (SSSR count). The number of H-pyrrole nitrogens is 1. The summed E-state index contributed by atoms with van der Waals surface area (Å²) in [6, 6.07) is 0. The minimum absolute atomic E-state index is 0.0163. The lowest BCUT2D eigenvalue weighted by atomic mass is 10.0. The number of aryl methyl sites for hydroxylation is 1. The Morgan fingerprint density at radius 3 is 2.56 bits per heavy atom. The number of aromatic nitrogens is 2. The fourth-order valence-corrected chi connectivity index (χ4v) is 2.49. The van der Waals surface area contributed by atoms with Crippen molar-refractivity contribution in [3.8, 4) is 0 Å². The molecule has 0 aromatic carbocycles. The Morgan fingerprint density at radius 1 is 1.33 bits per heavy atom. The second-order valence-corrected chi connectivity index (χ2v) is 5.19. The van der Waals surface area contributed by atoms with Gasteiger partial charge in [-0.15, -0.1) is 0 Å². The Balaban J connectivity index is 2.17. The molecule has 1 aromatic rings. The van der Waals surface area contributed by atoms with Gasteiger partial charge in [0.15, 0.2) is 0 Å². The maximum absolute atomic E-state index is 12.0. The molecule has 5 nitrogen and oxygen atoms in total. The van der Waals surface area contributed by atoms with Crippen LogP contribution in [0.2, 0.25) is 0 Å². The van der Waals surface area contributed by atoms with E-state index in [1.807, 2.05) is 20.8 Å². The van der Waals surface area contributed by atoms with Gasteiger partial charge in [-0.1, -0.05) is 13.8 Å². The summed E-state index contributed by atoms with van der Waals surface area (Å²) in [6.07, 6.45) is 0. The third-order valence-corrected chi connectivity index (χ3v) is 3.36. The molecule has 0 spiro atoms. The zero-order chi connectivity index (χ0) is 13.1. The van der Waals surface area contributed by atoms with E-state index >= 15 is 0 Å². The van der Waals surface area contributed by atoms with Crippen LogP contribution >= 0.6 is 0 Å². The van der Waals surface area contributed by atoms with E-state index in [2.05, 4.69) is 20.2 Å². The highest BCUT2D eigenvalue weighted by atomic mass is 16.1. The summed E-state index contributed by atoms with van der Waals surface area (Å²) in [4.78, 5) is 21.8. The van der Waals surface area contributed by atoms with Crippen molar-refractivity contribution >= 4 is 0 Å².